The van der Waals surface area contributed by atoms with Gasteiger partial charge in [-0.05, 0) is 18.9 Å². The third-order valence-corrected chi connectivity index (χ3v) is 5.08. The number of hydrogen-bond acceptors (Lipinski definition) is 6. The van der Waals surface area contributed by atoms with Gasteiger partial charge in [-0.3, -0.25) is 4.79 Å². The van der Waals surface area contributed by atoms with Gasteiger partial charge in [0.25, 0.3) is 0 Å². The summed E-state index contributed by atoms with van der Waals surface area (Å²) in [4.78, 5) is 30.0. The number of nitrogens with zero attached hydrogens (tertiary/aromatic N) is 3. The molecule has 1 aliphatic heterocycles. The van der Waals surface area contributed by atoms with Crippen LogP contribution in [-0.2, 0) is 4.84 Å². The Morgan fingerprint density at radius 3 is 2.71 bits per heavy atom. The van der Waals surface area contributed by atoms with Gasteiger partial charge in [0.2, 0.25) is 5.43 Å². The van der Waals surface area contributed by atoms with Crippen molar-refractivity contribution in [3.05, 3.63) is 39.7 Å². The summed E-state index contributed by atoms with van der Waals surface area (Å²) in [5.41, 5.74) is 4.56. The first-order chi connectivity index (χ1) is 13.3. The highest BCUT2D eigenvalue weighted by Gasteiger charge is 2.34. The Labute approximate surface area is 157 Å². The molecule has 1 aromatic carbocycles. The molecule has 0 radical (unpaired) electrons. The zero-order valence-corrected chi connectivity index (χ0v) is 15.0. The summed E-state index contributed by atoms with van der Waals surface area (Å²) in [5.74, 6) is -3.31. The summed E-state index contributed by atoms with van der Waals surface area (Å²) < 4.78 is 31.8. The maximum Gasteiger partial charge on any atom is 0.341 e. The molecule has 0 bridgehead atoms. The van der Waals surface area contributed by atoms with E-state index in [2.05, 4.69) is 5.16 Å². The maximum atomic E-state index is 15.5. The molecule has 4 rings (SSSR count). The van der Waals surface area contributed by atoms with Crippen molar-refractivity contribution in [1.82, 2.24) is 4.57 Å². The Balaban J connectivity index is 1.95. The van der Waals surface area contributed by atoms with Gasteiger partial charge >= 0.3 is 5.97 Å². The van der Waals surface area contributed by atoms with Crippen LogP contribution in [-0.4, -0.2) is 47.6 Å². The minimum atomic E-state index is -1.43. The standard InChI is InChI=1S/C18H18F2N4O4/c1-28-22-13-7-23(6-12(13)21)16-11(19)4-9-15(14(16)20)24(8-2-3-8)5-10(17(9)25)18(26)27/h4-5,8,12H,2-3,6-7,21H2,1H3,(H,26,27)/b22-13-/t12-/m0/s1. The summed E-state index contributed by atoms with van der Waals surface area (Å²) >= 11 is 0. The third kappa shape index (κ3) is 2.80. The molecule has 1 saturated carbocycles. The van der Waals surface area contributed by atoms with Crippen molar-refractivity contribution in [1.29, 1.82) is 0 Å². The predicted octanol–water partition coefficient (Wildman–Crippen LogP) is 1.46. The van der Waals surface area contributed by atoms with Crippen LogP contribution in [0.5, 0.6) is 0 Å². The number of fused-ring (bicyclic) bond motifs is 1. The van der Waals surface area contributed by atoms with Gasteiger partial charge < -0.3 is 25.1 Å². The normalized spacial score (nSPS) is 20.9. The summed E-state index contributed by atoms with van der Waals surface area (Å²) in [7, 11) is 1.36. The summed E-state index contributed by atoms with van der Waals surface area (Å²) in [6.45, 7) is 0.206. The molecule has 0 unspecified atom stereocenters. The average molecular weight is 392 g/mol. The summed E-state index contributed by atoms with van der Waals surface area (Å²) in [6, 6.07) is 0.230. The number of benzene rings is 1. The molecule has 2 aliphatic rings. The molecule has 3 N–H and O–H groups in total. The van der Waals surface area contributed by atoms with Gasteiger partial charge in [-0.25, -0.2) is 13.6 Å². The topological polar surface area (TPSA) is 110 Å². The van der Waals surface area contributed by atoms with Crippen LogP contribution in [0.4, 0.5) is 14.5 Å². The number of carboxylic acids is 1. The highest BCUT2D eigenvalue weighted by atomic mass is 19.1. The quantitative estimate of drug-likeness (QED) is 0.763. The molecule has 148 valence electrons. The van der Waals surface area contributed by atoms with Gasteiger partial charge in [-0.2, -0.15) is 0 Å². The second kappa shape index (κ2) is 6.55. The second-order valence-corrected chi connectivity index (χ2v) is 6.98. The molecule has 28 heavy (non-hydrogen) atoms. The number of hydrogen-bond donors (Lipinski definition) is 2. The van der Waals surface area contributed by atoms with Crippen LogP contribution in [0.1, 0.15) is 29.2 Å². The first kappa shape index (κ1) is 18.4. The van der Waals surface area contributed by atoms with E-state index < -0.39 is 34.6 Å². The highest BCUT2D eigenvalue weighted by molar-refractivity contribution is 5.98. The number of anilines is 1. The van der Waals surface area contributed by atoms with Crippen molar-refractivity contribution >= 4 is 28.3 Å². The van der Waals surface area contributed by atoms with E-state index in [1.165, 1.54) is 16.6 Å². The number of rotatable bonds is 4. The van der Waals surface area contributed by atoms with Crippen molar-refractivity contribution < 1.29 is 23.5 Å². The Hall–Kier alpha value is -3.01. The van der Waals surface area contributed by atoms with Crippen molar-refractivity contribution in [3.8, 4) is 0 Å². The monoisotopic (exact) mass is 392 g/mol. The van der Waals surface area contributed by atoms with E-state index >= 15 is 4.39 Å². The fourth-order valence-corrected chi connectivity index (χ4v) is 3.62. The van der Waals surface area contributed by atoms with Crippen LogP contribution in [0.3, 0.4) is 0 Å². The molecule has 1 aliphatic carbocycles. The van der Waals surface area contributed by atoms with Crippen LogP contribution in [0, 0.1) is 11.6 Å². The molecule has 1 aromatic heterocycles. The van der Waals surface area contributed by atoms with Crippen molar-refractivity contribution in [2.24, 2.45) is 10.9 Å². The van der Waals surface area contributed by atoms with Crippen LogP contribution in [0.15, 0.2) is 22.2 Å². The van der Waals surface area contributed by atoms with E-state index in [1.807, 2.05) is 0 Å². The molecule has 10 heteroatoms. The minimum absolute atomic E-state index is 0.0786. The van der Waals surface area contributed by atoms with Gasteiger partial charge in [-0.15, -0.1) is 0 Å². The van der Waals surface area contributed by atoms with Gasteiger partial charge in [0.05, 0.1) is 29.2 Å². The lowest BCUT2D eigenvalue weighted by atomic mass is 10.1. The number of carbonyl (C=O) groups is 1. The molecule has 1 saturated heterocycles. The van der Waals surface area contributed by atoms with Crippen molar-refractivity contribution in [3.63, 3.8) is 0 Å². The largest absolute Gasteiger partial charge is 0.477 e. The zero-order valence-electron chi connectivity index (χ0n) is 15.0. The fourth-order valence-electron chi connectivity index (χ4n) is 3.62. The smallest absolute Gasteiger partial charge is 0.341 e. The number of aromatic carboxylic acids is 1. The lowest BCUT2D eigenvalue weighted by Gasteiger charge is -2.21. The van der Waals surface area contributed by atoms with Gasteiger partial charge in [-0.1, -0.05) is 5.16 Å². The van der Waals surface area contributed by atoms with Gasteiger partial charge in [0.15, 0.2) is 5.82 Å². The Kier molecular flexibility index (Phi) is 4.30. The number of carboxylic acid groups (broad SMARTS) is 1. The van der Waals surface area contributed by atoms with Crippen LogP contribution in [0.2, 0.25) is 0 Å². The number of halogens is 2. The van der Waals surface area contributed by atoms with Crippen LogP contribution >= 0.6 is 0 Å². The van der Waals surface area contributed by atoms with E-state index in [4.69, 9.17) is 10.6 Å². The van der Waals surface area contributed by atoms with Gasteiger partial charge in [0, 0.05) is 18.8 Å². The molecule has 2 aromatic rings. The Morgan fingerprint density at radius 1 is 1.39 bits per heavy atom. The second-order valence-electron chi connectivity index (χ2n) is 6.98. The highest BCUT2D eigenvalue weighted by Crippen LogP contribution is 2.39. The third-order valence-electron chi connectivity index (χ3n) is 5.08. The first-order valence-electron chi connectivity index (χ1n) is 8.74. The number of pyridine rings is 1. The van der Waals surface area contributed by atoms with E-state index in [1.54, 1.807) is 0 Å². The summed E-state index contributed by atoms with van der Waals surface area (Å²) in [6.07, 6.45) is 2.59. The van der Waals surface area contributed by atoms with Crippen LogP contribution in [0.25, 0.3) is 10.9 Å². The molecule has 1 atom stereocenters. The SMILES string of the molecule is CO/N=C1/CN(c2c(F)cc3c(=O)c(C(=O)O)cn(C4CC4)c3c2F)C[C@@H]1N. The minimum Gasteiger partial charge on any atom is -0.477 e. The molecule has 0 spiro atoms. The molecule has 0 amide bonds. The van der Waals surface area contributed by atoms with E-state index in [0.717, 1.165) is 25.1 Å². The average Bonchev–Trinajstić information content (AvgIpc) is 3.41. The molecular weight excluding hydrogens is 374 g/mol. The number of aromatic nitrogens is 1. The van der Waals surface area contributed by atoms with E-state index in [-0.39, 0.29) is 35.7 Å². The summed E-state index contributed by atoms with van der Waals surface area (Å²) in [5, 5.41) is 12.8. The van der Waals surface area contributed by atoms with Crippen LogP contribution < -0.4 is 16.1 Å². The molecule has 2 heterocycles. The van der Waals surface area contributed by atoms with E-state index in [0.29, 0.717) is 5.71 Å². The van der Waals surface area contributed by atoms with Gasteiger partial charge in [0.1, 0.15) is 24.2 Å². The molecule has 2 fully saturated rings. The fraction of sp³-hybridized carbons (Fsp3) is 0.389. The lowest BCUT2D eigenvalue weighted by Crippen LogP contribution is -2.30. The first-order valence-corrected chi connectivity index (χ1v) is 8.74. The maximum absolute atomic E-state index is 15.5. The Morgan fingerprint density at radius 2 is 2.11 bits per heavy atom. The zero-order chi connectivity index (χ0) is 20.2. The molecular formula is C18H18F2N4O4. The van der Waals surface area contributed by atoms with Crippen molar-refractivity contribution in [2.45, 2.75) is 24.9 Å². The number of nitrogens with two attached hydrogens (primary N) is 1. The van der Waals surface area contributed by atoms with Crippen molar-refractivity contribution in [2.75, 3.05) is 25.1 Å². The number of oxime groups is 1. The van der Waals surface area contributed by atoms with E-state index in [9.17, 15) is 19.1 Å². The molecule has 8 nitrogen and oxygen atoms in total. The lowest BCUT2D eigenvalue weighted by molar-refractivity contribution is 0.0695. The predicted molar refractivity (Wildman–Crippen MR) is 98.0 cm³/mol. The Bertz CT molecular complexity index is 1080.